The maximum absolute atomic E-state index is 4.57. The Kier molecular flexibility index (Phi) is 4.66. The first-order valence-electron chi connectivity index (χ1n) is 9.46. The van der Waals surface area contributed by atoms with Gasteiger partial charge < -0.3 is 0 Å². The fraction of sp³-hybridized carbons (Fsp3) is 0. The molecule has 0 aliphatic rings. The summed E-state index contributed by atoms with van der Waals surface area (Å²) in [6, 6.07) is 35.3. The molecular formula is C26H17BrN2. The van der Waals surface area contributed by atoms with Crippen molar-refractivity contribution in [1.29, 1.82) is 0 Å². The standard InChI is InChI=1S/C26H17BrN2/c27-21-13-14-26(29-28-22-10-2-1-3-11-22)25(17-21)23-12-6-9-20-15-18-7-4-5-8-19(18)16-24(20)23/h1-17H. The minimum Gasteiger partial charge on any atom is -0.151 e. The summed E-state index contributed by atoms with van der Waals surface area (Å²) in [5, 5.41) is 13.9. The molecule has 0 unspecified atom stereocenters. The molecule has 0 atom stereocenters. The van der Waals surface area contributed by atoms with E-state index in [9.17, 15) is 0 Å². The molecule has 0 saturated heterocycles. The van der Waals surface area contributed by atoms with Crippen LogP contribution in [-0.4, -0.2) is 0 Å². The SMILES string of the molecule is Brc1ccc(N=Nc2ccccc2)c(-c2cccc3cc4ccccc4cc23)c1. The first-order valence-corrected chi connectivity index (χ1v) is 10.3. The van der Waals surface area contributed by atoms with Crippen molar-refractivity contribution in [2.75, 3.05) is 0 Å². The van der Waals surface area contributed by atoms with Crippen molar-refractivity contribution < 1.29 is 0 Å². The van der Waals surface area contributed by atoms with E-state index in [0.29, 0.717) is 0 Å². The number of rotatable bonds is 3. The van der Waals surface area contributed by atoms with E-state index in [4.69, 9.17) is 0 Å². The molecular weight excluding hydrogens is 420 g/mol. The van der Waals surface area contributed by atoms with Gasteiger partial charge in [0.25, 0.3) is 0 Å². The number of azo groups is 1. The van der Waals surface area contributed by atoms with Crippen LogP contribution in [0, 0.1) is 0 Å². The van der Waals surface area contributed by atoms with Crippen LogP contribution in [0.25, 0.3) is 32.7 Å². The van der Waals surface area contributed by atoms with Crippen LogP contribution in [-0.2, 0) is 0 Å². The Morgan fingerprint density at radius 2 is 1.24 bits per heavy atom. The number of hydrogen-bond acceptors (Lipinski definition) is 2. The summed E-state index contributed by atoms with van der Waals surface area (Å²) >= 11 is 3.62. The van der Waals surface area contributed by atoms with Crippen molar-refractivity contribution >= 4 is 48.8 Å². The van der Waals surface area contributed by atoms with E-state index >= 15 is 0 Å². The number of benzene rings is 5. The van der Waals surface area contributed by atoms with Crippen molar-refractivity contribution in [1.82, 2.24) is 0 Å². The van der Waals surface area contributed by atoms with Crippen LogP contribution in [0.4, 0.5) is 11.4 Å². The van der Waals surface area contributed by atoms with Gasteiger partial charge >= 0.3 is 0 Å². The fourth-order valence-electron chi connectivity index (χ4n) is 3.62. The smallest absolute Gasteiger partial charge is 0.0936 e. The Morgan fingerprint density at radius 3 is 2.07 bits per heavy atom. The summed E-state index contributed by atoms with van der Waals surface area (Å²) in [6.07, 6.45) is 0. The molecule has 2 nitrogen and oxygen atoms in total. The van der Waals surface area contributed by atoms with E-state index in [1.165, 1.54) is 21.5 Å². The van der Waals surface area contributed by atoms with Crippen LogP contribution < -0.4 is 0 Å². The molecule has 0 amide bonds. The van der Waals surface area contributed by atoms with Gasteiger partial charge in [0.05, 0.1) is 11.4 Å². The zero-order chi connectivity index (χ0) is 19.6. The summed E-state index contributed by atoms with van der Waals surface area (Å²) in [7, 11) is 0. The van der Waals surface area contributed by atoms with E-state index in [2.05, 4.69) is 86.8 Å². The van der Waals surface area contributed by atoms with Crippen LogP contribution in [0.15, 0.2) is 118 Å². The Morgan fingerprint density at radius 1 is 0.517 bits per heavy atom. The van der Waals surface area contributed by atoms with Crippen molar-refractivity contribution in [3.05, 3.63) is 108 Å². The highest BCUT2D eigenvalue weighted by Crippen LogP contribution is 2.38. The predicted molar refractivity (Wildman–Crippen MR) is 125 cm³/mol. The van der Waals surface area contributed by atoms with Gasteiger partial charge in [0, 0.05) is 10.0 Å². The molecule has 138 valence electrons. The monoisotopic (exact) mass is 436 g/mol. The molecule has 5 aromatic carbocycles. The van der Waals surface area contributed by atoms with Gasteiger partial charge in [0.15, 0.2) is 0 Å². The van der Waals surface area contributed by atoms with Gasteiger partial charge in [-0.1, -0.05) is 76.6 Å². The molecule has 0 N–H and O–H groups in total. The third-order valence-corrected chi connectivity index (χ3v) is 5.52. The second-order valence-electron chi connectivity index (χ2n) is 6.92. The molecule has 0 aromatic heterocycles. The highest BCUT2D eigenvalue weighted by Gasteiger charge is 2.10. The minimum absolute atomic E-state index is 0.838. The largest absolute Gasteiger partial charge is 0.151 e. The van der Waals surface area contributed by atoms with E-state index in [1.807, 2.05) is 42.5 Å². The second kappa shape index (κ2) is 7.61. The first-order chi connectivity index (χ1) is 14.3. The maximum Gasteiger partial charge on any atom is 0.0936 e. The van der Waals surface area contributed by atoms with E-state index < -0.39 is 0 Å². The summed E-state index contributed by atoms with van der Waals surface area (Å²) in [5.74, 6) is 0. The maximum atomic E-state index is 4.57. The van der Waals surface area contributed by atoms with Gasteiger partial charge in [-0.2, -0.15) is 5.11 Å². The molecule has 0 aliphatic heterocycles. The third kappa shape index (κ3) is 3.57. The van der Waals surface area contributed by atoms with Gasteiger partial charge in [-0.15, -0.1) is 5.11 Å². The van der Waals surface area contributed by atoms with Crippen LogP contribution >= 0.6 is 15.9 Å². The van der Waals surface area contributed by atoms with Crippen LogP contribution in [0.1, 0.15) is 0 Å². The lowest BCUT2D eigenvalue weighted by molar-refractivity contribution is 1.23. The van der Waals surface area contributed by atoms with Crippen molar-refractivity contribution in [2.24, 2.45) is 10.2 Å². The lowest BCUT2D eigenvalue weighted by atomic mass is 9.95. The highest BCUT2D eigenvalue weighted by atomic mass is 79.9. The average Bonchev–Trinajstić information content (AvgIpc) is 2.77. The molecule has 0 saturated carbocycles. The van der Waals surface area contributed by atoms with E-state index in [-0.39, 0.29) is 0 Å². The quantitative estimate of drug-likeness (QED) is 0.199. The number of halogens is 1. The van der Waals surface area contributed by atoms with Crippen LogP contribution in [0.2, 0.25) is 0 Å². The summed E-state index contributed by atoms with van der Waals surface area (Å²) in [4.78, 5) is 0. The molecule has 0 radical (unpaired) electrons. The van der Waals surface area contributed by atoms with E-state index in [1.54, 1.807) is 0 Å². The first kappa shape index (κ1) is 17.8. The molecule has 29 heavy (non-hydrogen) atoms. The normalized spacial score (nSPS) is 11.5. The molecule has 0 spiro atoms. The van der Waals surface area contributed by atoms with Crippen molar-refractivity contribution in [2.45, 2.75) is 0 Å². The summed E-state index contributed by atoms with van der Waals surface area (Å²) < 4.78 is 1.02. The molecule has 3 heteroatoms. The lowest BCUT2D eigenvalue weighted by Crippen LogP contribution is -1.84. The molecule has 0 heterocycles. The Hall–Kier alpha value is -3.30. The van der Waals surface area contributed by atoms with Crippen LogP contribution in [0.5, 0.6) is 0 Å². The van der Waals surface area contributed by atoms with Crippen LogP contribution in [0.3, 0.4) is 0 Å². The van der Waals surface area contributed by atoms with Gasteiger partial charge in [-0.3, -0.25) is 0 Å². The Bertz CT molecular complexity index is 1360. The average molecular weight is 437 g/mol. The molecule has 0 aliphatic carbocycles. The Labute approximate surface area is 177 Å². The molecule has 5 aromatic rings. The number of hydrogen-bond donors (Lipinski definition) is 0. The van der Waals surface area contributed by atoms with Crippen molar-refractivity contribution in [3.8, 4) is 11.1 Å². The number of nitrogens with zero attached hydrogens (tertiary/aromatic N) is 2. The Balaban J connectivity index is 1.71. The van der Waals surface area contributed by atoms with Gasteiger partial charge in [-0.25, -0.2) is 0 Å². The topological polar surface area (TPSA) is 24.7 Å². The molecule has 0 fully saturated rings. The minimum atomic E-state index is 0.838. The predicted octanol–water partition coefficient (Wildman–Crippen LogP) is 8.84. The van der Waals surface area contributed by atoms with Gasteiger partial charge in [-0.05, 0) is 69.6 Å². The zero-order valence-electron chi connectivity index (χ0n) is 15.6. The second-order valence-corrected chi connectivity index (χ2v) is 7.84. The van der Waals surface area contributed by atoms with Gasteiger partial charge in [0.2, 0.25) is 0 Å². The molecule has 5 rings (SSSR count). The fourth-order valence-corrected chi connectivity index (χ4v) is 3.98. The van der Waals surface area contributed by atoms with E-state index in [0.717, 1.165) is 27.0 Å². The lowest BCUT2D eigenvalue weighted by Gasteiger charge is -2.11. The summed E-state index contributed by atoms with van der Waals surface area (Å²) in [5.41, 5.74) is 3.89. The summed E-state index contributed by atoms with van der Waals surface area (Å²) in [6.45, 7) is 0. The zero-order valence-corrected chi connectivity index (χ0v) is 17.2. The van der Waals surface area contributed by atoms with Crippen molar-refractivity contribution in [3.63, 3.8) is 0 Å². The molecule has 0 bridgehead atoms. The number of fused-ring (bicyclic) bond motifs is 2. The highest BCUT2D eigenvalue weighted by molar-refractivity contribution is 9.10. The third-order valence-electron chi connectivity index (χ3n) is 5.02. The van der Waals surface area contributed by atoms with Gasteiger partial charge in [0.1, 0.15) is 0 Å².